The Hall–Kier alpha value is -1.62. The first-order valence-corrected chi connectivity index (χ1v) is 10.9. The number of hydrogen-bond acceptors (Lipinski definition) is 2. The molecule has 4 nitrogen and oxygen atoms in total. The van der Waals surface area contributed by atoms with E-state index in [1.807, 2.05) is 0 Å². The summed E-state index contributed by atoms with van der Waals surface area (Å²) in [7, 11) is 0. The first-order valence-electron chi connectivity index (χ1n) is 10.5. The predicted octanol–water partition coefficient (Wildman–Crippen LogP) is 4.67. The van der Waals surface area contributed by atoms with Gasteiger partial charge in [-0.05, 0) is 61.5 Å². The maximum atomic E-state index is 12.7. The van der Waals surface area contributed by atoms with Crippen LogP contribution in [0.5, 0.6) is 0 Å². The number of nitrogens with zero attached hydrogens (tertiary/aromatic N) is 1. The van der Waals surface area contributed by atoms with E-state index in [-0.39, 0.29) is 5.92 Å². The summed E-state index contributed by atoms with van der Waals surface area (Å²) in [6.45, 7) is 6.08. The summed E-state index contributed by atoms with van der Waals surface area (Å²) in [5.74, 6) is 1.20. The van der Waals surface area contributed by atoms with Crippen molar-refractivity contribution in [2.45, 2.75) is 70.8 Å². The number of carbonyl (C=O) groups excluding carboxylic acids is 1. The molecule has 0 bridgehead atoms. The monoisotopic (exact) mass is 387 g/mol. The summed E-state index contributed by atoms with van der Waals surface area (Å²) >= 11 is 5.48. The van der Waals surface area contributed by atoms with Crippen molar-refractivity contribution in [3.05, 3.63) is 29.8 Å². The maximum Gasteiger partial charge on any atom is 0.225 e. The van der Waals surface area contributed by atoms with Crippen LogP contribution in [0, 0.1) is 5.92 Å². The van der Waals surface area contributed by atoms with E-state index in [4.69, 9.17) is 12.2 Å². The van der Waals surface area contributed by atoms with Crippen molar-refractivity contribution < 1.29 is 4.79 Å². The summed E-state index contributed by atoms with van der Waals surface area (Å²) < 4.78 is 0. The second-order valence-electron chi connectivity index (χ2n) is 8.31. The van der Waals surface area contributed by atoms with Crippen LogP contribution >= 0.6 is 12.2 Å². The van der Waals surface area contributed by atoms with Crippen molar-refractivity contribution in [3.8, 4) is 0 Å². The highest BCUT2D eigenvalue weighted by atomic mass is 32.1. The molecule has 1 aromatic rings. The zero-order valence-corrected chi connectivity index (χ0v) is 17.5. The number of benzene rings is 1. The molecule has 2 fully saturated rings. The molecule has 1 saturated carbocycles. The minimum atomic E-state index is 0.278. The highest BCUT2D eigenvalue weighted by Crippen LogP contribution is 2.26. The number of thiocarbonyl (C=S) groups is 1. The average molecular weight is 388 g/mol. The van der Waals surface area contributed by atoms with Crippen molar-refractivity contribution in [1.29, 1.82) is 0 Å². The highest BCUT2D eigenvalue weighted by Gasteiger charge is 2.29. The Morgan fingerprint density at radius 3 is 2.26 bits per heavy atom. The van der Waals surface area contributed by atoms with Gasteiger partial charge in [-0.3, -0.25) is 4.79 Å². The van der Waals surface area contributed by atoms with Gasteiger partial charge in [0.1, 0.15) is 0 Å². The Morgan fingerprint density at radius 2 is 1.67 bits per heavy atom. The number of carbonyl (C=O) groups is 1. The third-order valence-corrected chi connectivity index (χ3v) is 6.15. The summed E-state index contributed by atoms with van der Waals surface area (Å²) in [5.41, 5.74) is 2.34. The summed E-state index contributed by atoms with van der Waals surface area (Å²) in [5, 5.41) is 7.38. The lowest BCUT2D eigenvalue weighted by Gasteiger charge is -2.35. The van der Waals surface area contributed by atoms with Gasteiger partial charge >= 0.3 is 0 Å². The Morgan fingerprint density at radius 1 is 1.04 bits per heavy atom. The first-order chi connectivity index (χ1) is 13.0. The van der Waals surface area contributed by atoms with Crippen molar-refractivity contribution in [3.63, 3.8) is 0 Å². The molecule has 0 atom stereocenters. The van der Waals surface area contributed by atoms with Gasteiger partial charge < -0.3 is 15.5 Å². The SMILES string of the molecule is CC(C)c1ccc(NC(=S)NC2CCN(C(=O)C3CCCCC3)CC2)cc1. The van der Waals surface area contributed by atoms with Crippen LogP contribution in [-0.2, 0) is 4.79 Å². The minimum Gasteiger partial charge on any atom is -0.360 e. The molecule has 148 valence electrons. The molecule has 2 N–H and O–H groups in total. The number of anilines is 1. The molecule has 1 aromatic carbocycles. The molecule has 0 aromatic heterocycles. The molecule has 2 aliphatic rings. The predicted molar refractivity (Wildman–Crippen MR) is 116 cm³/mol. The van der Waals surface area contributed by atoms with Gasteiger partial charge in [0.05, 0.1) is 0 Å². The fourth-order valence-corrected chi connectivity index (χ4v) is 4.44. The zero-order valence-electron chi connectivity index (χ0n) is 16.7. The third kappa shape index (κ3) is 5.68. The quantitative estimate of drug-likeness (QED) is 0.737. The van der Waals surface area contributed by atoms with Gasteiger partial charge in [-0.2, -0.15) is 0 Å². The molecule has 0 radical (unpaired) electrons. The lowest BCUT2D eigenvalue weighted by molar-refractivity contribution is -0.137. The van der Waals surface area contributed by atoms with Crippen LogP contribution in [0.2, 0.25) is 0 Å². The Balaban J connectivity index is 1.41. The molecule has 1 aliphatic heterocycles. The highest BCUT2D eigenvalue weighted by molar-refractivity contribution is 7.80. The molecule has 1 amide bonds. The minimum absolute atomic E-state index is 0.278. The van der Waals surface area contributed by atoms with E-state index in [0.29, 0.717) is 23.0 Å². The maximum absolute atomic E-state index is 12.7. The second kappa shape index (κ2) is 9.54. The Labute approximate surface area is 169 Å². The molecule has 1 heterocycles. The van der Waals surface area contributed by atoms with Gasteiger partial charge in [0.15, 0.2) is 5.11 Å². The lowest BCUT2D eigenvalue weighted by atomic mass is 9.87. The van der Waals surface area contributed by atoms with Crippen LogP contribution in [0.3, 0.4) is 0 Å². The van der Waals surface area contributed by atoms with E-state index < -0.39 is 0 Å². The first kappa shape index (κ1) is 20.1. The topological polar surface area (TPSA) is 44.4 Å². The fourth-order valence-electron chi connectivity index (χ4n) is 4.16. The van der Waals surface area contributed by atoms with E-state index in [9.17, 15) is 4.79 Å². The zero-order chi connectivity index (χ0) is 19.2. The van der Waals surface area contributed by atoms with E-state index in [1.165, 1.54) is 24.8 Å². The lowest BCUT2D eigenvalue weighted by Crippen LogP contribution is -2.49. The second-order valence-corrected chi connectivity index (χ2v) is 8.72. The van der Waals surface area contributed by atoms with Crippen LogP contribution in [0.25, 0.3) is 0 Å². The number of piperidine rings is 1. The summed E-state index contributed by atoms with van der Waals surface area (Å²) in [6, 6.07) is 8.79. The number of rotatable bonds is 4. The average Bonchev–Trinajstić information content (AvgIpc) is 2.69. The van der Waals surface area contributed by atoms with Gasteiger partial charge in [0, 0.05) is 30.7 Å². The Bertz CT molecular complexity index is 629. The van der Waals surface area contributed by atoms with Gasteiger partial charge in [0.25, 0.3) is 0 Å². The molecular formula is C22H33N3OS. The number of amides is 1. The van der Waals surface area contributed by atoms with Gasteiger partial charge in [0.2, 0.25) is 5.91 Å². The van der Waals surface area contributed by atoms with Crippen LogP contribution in [0.4, 0.5) is 5.69 Å². The smallest absolute Gasteiger partial charge is 0.225 e. The number of likely N-dealkylation sites (tertiary alicyclic amines) is 1. The standard InChI is InChI=1S/C22H33N3OS/c1-16(2)17-8-10-19(11-9-17)23-22(27)24-20-12-14-25(15-13-20)21(26)18-6-4-3-5-7-18/h8-11,16,18,20H,3-7,12-15H2,1-2H3,(H2,23,24,27). The van der Waals surface area contributed by atoms with E-state index >= 15 is 0 Å². The molecule has 0 unspecified atom stereocenters. The largest absolute Gasteiger partial charge is 0.360 e. The Kier molecular flexibility index (Phi) is 7.11. The van der Waals surface area contributed by atoms with Crippen LogP contribution in [0.15, 0.2) is 24.3 Å². The summed E-state index contributed by atoms with van der Waals surface area (Å²) in [6.07, 6.45) is 7.82. The van der Waals surface area contributed by atoms with Crippen molar-refractivity contribution >= 4 is 28.9 Å². The molecule has 5 heteroatoms. The number of nitrogens with one attached hydrogen (secondary N) is 2. The van der Waals surface area contributed by atoms with Crippen molar-refractivity contribution in [2.24, 2.45) is 5.92 Å². The molecule has 3 rings (SSSR count). The normalized spacial score (nSPS) is 19.1. The van der Waals surface area contributed by atoms with Crippen molar-refractivity contribution in [2.75, 3.05) is 18.4 Å². The molecule has 0 spiro atoms. The van der Waals surface area contributed by atoms with E-state index in [1.54, 1.807) is 0 Å². The molecule has 1 aliphatic carbocycles. The van der Waals surface area contributed by atoms with Gasteiger partial charge in [-0.15, -0.1) is 0 Å². The molecule has 27 heavy (non-hydrogen) atoms. The summed E-state index contributed by atoms with van der Waals surface area (Å²) in [4.78, 5) is 14.7. The number of hydrogen-bond donors (Lipinski definition) is 2. The van der Waals surface area contributed by atoms with Gasteiger partial charge in [-0.25, -0.2) is 0 Å². The van der Waals surface area contributed by atoms with Gasteiger partial charge in [-0.1, -0.05) is 45.2 Å². The third-order valence-electron chi connectivity index (χ3n) is 5.93. The van der Waals surface area contributed by atoms with Crippen LogP contribution in [0.1, 0.15) is 70.3 Å². The van der Waals surface area contributed by atoms with E-state index in [0.717, 1.165) is 44.5 Å². The molecular weight excluding hydrogens is 354 g/mol. The fraction of sp³-hybridized carbons (Fsp3) is 0.636. The molecule has 1 saturated heterocycles. The van der Waals surface area contributed by atoms with Crippen LogP contribution in [-0.4, -0.2) is 35.1 Å². The van der Waals surface area contributed by atoms with Crippen molar-refractivity contribution in [1.82, 2.24) is 10.2 Å². The van der Waals surface area contributed by atoms with Crippen LogP contribution < -0.4 is 10.6 Å². The van der Waals surface area contributed by atoms with E-state index in [2.05, 4.69) is 53.6 Å².